The van der Waals surface area contributed by atoms with Crippen LogP contribution < -0.4 is 16.4 Å². The fourth-order valence-electron chi connectivity index (χ4n) is 1.45. The summed E-state index contributed by atoms with van der Waals surface area (Å²) in [5.74, 6) is 5.14. The number of nitrogens with two attached hydrogens (primary N) is 1. The van der Waals surface area contributed by atoms with Gasteiger partial charge in [-0.25, -0.2) is 0 Å². The van der Waals surface area contributed by atoms with Crippen molar-refractivity contribution in [3.05, 3.63) is 21.4 Å². The summed E-state index contributed by atoms with van der Waals surface area (Å²) >= 11 is 1.29. The monoisotopic (exact) mass is 309 g/mol. The molecule has 2 amide bonds. The largest absolute Gasteiger partial charge is 0.383 e. The molecule has 6 nitrogen and oxygen atoms in total. The SMILES string of the molecule is COCCNC(=O)CNC(=O)c1cc(C)c(C#CCN)s1. The van der Waals surface area contributed by atoms with Crippen LogP contribution in [0.25, 0.3) is 0 Å². The van der Waals surface area contributed by atoms with Crippen molar-refractivity contribution in [3.8, 4) is 11.8 Å². The molecule has 21 heavy (non-hydrogen) atoms. The van der Waals surface area contributed by atoms with Crippen molar-refractivity contribution >= 4 is 23.2 Å². The zero-order chi connectivity index (χ0) is 15.7. The smallest absolute Gasteiger partial charge is 0.261 e. The number of methoxy groups -OCH3 is 1. The van der Waals surface area contributed by atoms with Gasteiger partial charge >= 0.3 is 0 Å². The molecule has 0 aliphatic heterocycles. The van der Waals surface area contributed by atoms with Crippen molar-refractivity contribution in [3.63, 3.8) is 0 Å². The Bertz CT molecular complexity index is 558. The minimum atomic E-state index is -0.286. The molecule has 7 heteroatoms. The first-order chi connectivity index (χ1) is 10.1. The highest BCUT2D eigenvalue weighted by atomic mass is 32.1. The van der Waals surface area contributed by atoms with Crippen LogP contribution in [0.4, 0.5) is 0 Å². The lowest BCUT2D eigenvalue weighted by Crippen LogP contribution is -2.37. The Morgan fingerprint density at radius 2 is 2.19 bits per heavy atom. The van der Waals surface area contributed by atoms with Crippen molar-refractivity contribution in [2.24, 2.45) is 5.73 Å². The normalized spacial score (nSPS) is 9.67. The molecule has 1 rings (SSSR count). The van der Waals surface area contributed by atoms with Gasteiger partial charge in [0.1, 0.15) is 0 Å². The first kappa shape index (κ1) is 17.2. The number of aryl methyl sites for hydroxylation is 1. The van der Waals surface area contributed by atoms with E-state index in [4.69, 9.17) is 10.5 Å². The minimum Gasteiger partial charge on any atom is -0.383 e. The molecule has 1 heterocycles. The molecule has 0 fully saturated rings. The first-order valence-corrected chi connectivity index (χ1v) is 7.23. The minimum absolute atomic E-state index is 0.0662. The van der Waals surface area contributed by atoms with E-state index >= 15 is 0 Å². The van der Waals surface area contributed by atoms with Gasteiger partial charge in [-0.2, -0.15) is 0 Å². The molecular weight excluding hydrogens is 290 g/mol. The molecule has 0 saturated carbocycles. The molecule has 4 N–H and O–H groups in total. The number of nitrogens with one attached hydrogen (secondary N) is 2. The molecule has 0 aromatic carbocycles. The molecule has 0 unspecified atom stereocenters. The fourth-order valence-corrected chi connectivity index (χ4v) is 2.42. The molecule has 0 radical (unpaired) electrons. The van der Waals surface area contributed by atoms with Crippen LogP contribution in [0.1, 0.15) is 20.1 Å². The second kappa shape index (κ2) is 9.13. The van der Waals surface area contributed by atoms with Crippen molar-refractivity contribution in [2.45, 2.75) is 6.92 Å². The lowest BCUT2D eigenvalue weighted by molar-refractivity contribution is -0.120. The maximum atomic E-state index is 11.9. The summed E-state index contributed by atoms with van der Waals surface area (Å²) in [6.45, 7) is 2.95. The van der Waals surface area contributed by atoms with Gasteiger partial charge in [-0.3, -0.25) is 9.59 Å². The molecule has 0 bridgehead atoms. The van der Waals surface area contributed by atoms with Gasteiger partial charge in [0.2, 0.25) is 5.91 Å². The third kappa shape index (κ3) is 5.95. The third-order valence-corrected chi connectivity index (χ3v) is 3.63. The van der Waals surface area contributed by atoms with E-state index < -0.39 is 0 Å². The van der Waals surface area contributed by atoms with E-state index in [2.05, 4.69) is 22.5 Å². The molecule has 0 aliphatic carbocycles. The van der Waals surface area contributed by atoms with Gasteiger partial charge in [0.15, 0.2) is 0 Å². The maximum absolute atomic E-state index is 11.9. The first-order valence-electron chi connectivity index (χ1n) is 6.41. The summed E-state index contributed by atoms with van der Waals surface area (Å²) in [6.07, 6.45) is 0. The number of hydrogen-bond donors (Lipinski definition) is 3. The number of thiophene rings is 1. The standard InChI is InChI=1S/C14H19N3O3S/c1-10-8-12(21-11(10)4-3-5-15)14(19)17-9-13(18)16-6-7-20-2/h8H,5-7,9,15H2,1-2H3,(H,16,18)(H,17,19). The van der Waals surface area contributed by atoms with Crippen LogP contribution in [0.15, 0.2) is 6.07 Å². The second-order valence-corrected chi connectivity index (χ2v) is 5.21. The number of rotatable bonds is 6. The van der Waals surface area contributed by atoms with Crippen LogP contribution in [0, 0.1) is 18.8 Å². The summed E-state index contributed by atoms with van der Waals surface area (Å²) < 4.78 is 4.81. The van der Waals surface area contributed by atoms with E-state index in [1.807, 2.05) is 6.92 Å². The van der Waals surface area contributed by atoms with E-state index in [1.165, 1.54) is 11.3 Å². The van der Waals surface area contributed by atoms with Crippen LogP contribution >= 0.6 is 11.3 Å². The van der Waals surface area contributed by atoms with E-state index in [-0.39, 0.29) is 24.9 Å². The van der Waals surface area contributed by atoms with E-state index in [0.29, 0.717) is 18.0 Å². The summed E-state index contributed by atoms with van der Waals surface area (Å²) in [7, 11) is 1.55. The van der Waals surface area contributed by atoms with E-state index in [9.17, 15) is 9.59 Å². The topological polar surface area (TPSA) is 93.5 Å². The van der Waals surface area contributed by atoms with Crippen molar-refractivity contribution < 1.29 is 14.3 Å². The lowest BCUT2D eigenvalue weighted by Gasteiger charge is -2.05. The van der Waals surface area contributed by atoms with Crippen molar-refractivity contribution in [1.82, 2.24) is 10.6 Å². The summed E-state index contributed by atoms with van der Waals surface area (Å²) in [5, 5.41) is 5.19. The zero-order valence-corrected chi connectivity index (χ0v) is 12.9. The van der Waals surface area contributed by atoms with Gasteiger partial charge < -0.3 is 21.1 Å². The Morgan fingerprint density at radius 3 is 2.86 bits per heavy atom. The second-order valence-electron chi connectivity index (χ2n) is 4.15. The third-order valence-electron chi connectivity index (χ3n) is 2.48. The van der Waals surface area contributed by atoms with Crippen molar-refractivity contribution in [2.75, 3.05) is 33.4 Å². The summed E-state index contributed by atoms with van der Waals surface area (Å²) in [5.41, 5.74) is 6.25. The van der Waals surface area contributed by atoms with Crippen LogP contribution in [0.3, 0.4) is 0 Å². The summed E-state index contributed by atoms with van der Waals surface area (Å²) in [4.78, 5) is 24.7. The average molecular weight is 309 g/mol. The zero-order valence-electron chi connectivity index (χ0n) is 12.1. The van der Waals surface area contributed by atoms with Crippen molar-refractivity contribution in [1.29, 1.82) is 0 Å². The van der Waals surface area contributed by atoms with Gasteiger partial charge in [-0.05, 0) is 18.6 Å². The predicted octanol–water partition coefficient (Wildman–Crippen LogP) is -0.141. The van der Waals surface area contributed by atoms with Gasteiger partial charge in [0.25, 0.3) is 5.91 Å². The predicted molar refractivity (Wildman–Crippen MR) is 82.2 cm³/mol. The summed E-state index contributed by atoms with van der Waals surface area (Å²) in [6, 6.07) is 1.75. The Kier molecular flexibility index (Phi) is 7.46. The highest BCUT2D eigenvalue weighted by Crippen LogP contribution is 2.20. The van der Waals surface area contributed by atoms with E-state index in [0.717, 1.165) is 10.4 Å². The highest BCUT2D eigenvalue weighted by molar-refractivity contribution is 7.14. The van der Waals surface area contributed by atoms with Gasteiger partial charge in [0, 0.05) is 13.7 Å². The molecule has 114 valence electrons. The lowest BCUT2D eigenvalue weighted by atomic mass is 10.2. The number of amides is 2. The van der Waals surface area contributed by atoms with Gasteiger partial charge in [-0.15, -0.1) is 11.3 Å². The Labute approximate surface area is 128 Å². The Morgan fingerprint density at radius 1 is 1.43 bits per heavy atom. The molecule has 0 aliphatic rings. The number of hydrogen-bond acceptors (Lipinski definition) is 5. The van der Waals surface area contributed by atoms with Crippen LogP contribution in [-0.4, -0.2) is 45.2 Å². The molecular formula is C14H19N3O3S. The fraction of sp³-hybridized carbons (Fsp3) is 0.429. The quantitative estimate of drug-likeness (QED) is 0.503. The number of carbonyl (C=O) groups is 2. The Hall–Kier alpha value is -1.88. The number of carbonyl (C=O) groups excluding carboxylic acids is 2. The molecule has 0 atom stereocenters. The van der Waals surface area contributed by atoms with E-state index in [1.54, 1.807) is 13.2 Å². The molecule has 1 aromatic heterocycles. The molecule has 0 saturated heterocycles. The van der Waals surface area contributed by atoms with Crippen LogP contribution in [0.2, 0.25) is 0 Å². The van der Waals surface area contributed by atoms with Crippen LogP contribution in [-0.2, 0) is 9.53 Å². The number of ether oxygens (including phenoxy) is 1. The Balaban J connectivity index is 2.50. The highest BCUT2D eigenvalue weighted by Gasteiger charge is 2.12. The van der Waals surface area contributed by atoms with Crippen LogP contribution in [0.5, 0.6) is 0 Å². The van der Waals surface area contributed by atoms with Gasteiger partial charge in [-0.1, -0.05) is 11.8 Å². The molecule has 0 spiro atoms. The maximum Gasteiger partial charge on any atom is 0.261 e. The molecule has 1 aromatic rings. The van der Waals surface area contributed by atoms with Gasteiger partial charge in [0.05, 0.1) is 29.5 Å². The average Bonchev–Trinajstić information content (AvgIpc) is 2.84.